The molecule has 2 atom stereocenters. The van der Waals surface area contributed by atoms with Gasteiger partial charge in [-0.25, -0.2) is 13.9 Å². The van der Waals surface area contributed by atoms with Crippen LogP contribution >= 0.6 is 0 Å². The molecule has 2 fully saturated rings. The summed E-state index contributed by atoms with van der Waals surface area (Å²) in [6, 6.07) is 21.7. The molecule has 3 amide bonds. The van der Waals surface area contributed by atoms with Crippen LogP contribution in [0.15, 0.2) is 79.0 Å². The number of benzene rings is 3. The van der Waals surface area contributed by atoms with E-state index in [1.807, 2.05) is 48.5 Å². The summed E-state index contributed by atoms with van der Waals surface area (Å²) in [5.41, 5.74) is 2.83. The Kier molecular flexibility index (Phi) is 6.98. The number of ether oxygens (including phenoxy) is 1. The minimum Gasteiger partial charge on any atom is -0.371 e. The Morgan fingerprint density at radius 3 is 2.62 bits per heavy atom. The monoisotopic (exact) mass is 527 g/mol. The lowest BCUT2D eigenvalue weighted by Gasteiger charge is -2.23. The molecule has 9 heteroatoms. The lowest BCUT2D eigenvalue weighted by molar-refractivity contribution is -0.123. The van der Waals surface area contributed by atoms with Crippen LogP contribution in [0.25, 0.3) is 16.6 Å². The second-order valence-corrected chi connectivity index (χ2v) is 10.0. The summed E-state index contributed by atoms with van der Waals surface area (Å²) < 4.78 is 22.1. The molecule has 0 bridgehead atoms. The smallest absolute Gasteiger partial charge is 0.325 e. The Hall–Kier alpha value is -4.24. The summed E-state index contributed by atoms with van der Waals surface area (Å²) in [6.45, 7) is 1.38. The summed E-state index contributed by atoms with van der Waals surface area (Å²) in [4.78, 5) is 29.5. The number of carbonyl (C=O) groups excluding carboxylic acids is 2. The van der Waals surface area contributed by atoms with Crippen molar-refractivity contribution in [1.29, 1.82) is 0 Å². The van der Waals surface area contributed by atoms with Gasteiger partial charge in [0.15, 0.2) is 0 Å². The molecule has 3 aromatic carbocycles. The molecule has 1 saturated heterocycles. The zero-order valence-corrected chi connectivity index (χ0v) is 21.5. The summed E-state index contributed by atoms with van der Waals surface area (Å²) in [7, 11) is 0. The number of nitrogens with one attached hydrogen (secondary N) is 1. The van der Waals surface area contributed by atoms with E-state index in [1.54, 1.807) is 34.2 Å². The number of anilines is 1. The number of urea groups is 1. The van der Waals surface area contributed by atoms with Crippen LogP contribution in [0.3, 0.4) is 0 Å². The summed E-state index contributed by atoms with van der Waals surface area (Å²) in [6.07, 6.45) is 4.36. The molecule has 0 unspecified atom stereocenters. The molecule has 39 heavy (non-hydrogen) atoms. The first-order valence-electron chi connectivity index (χ1n) is 13.3. The molecule has 2 aliphatic rings. The summed E-state index contributed by atoms with van der Waals surface area (Å²) >= 11 is 0. The third kappa shape index (κ3) is 5.09. The first kappa shape index (κ1) is 25.1. The molecule has 200 valence electrons. The minimum absolute atomic E-state index is 0.0122. The quantitative estimate of drug-likeness (QED) is 0.362. The van der Waals surface area contributed by atoms with Crippen LogP contribution < -0.4 is 10.2 Å². The van der Waals surface area contributed by atoms with Crippen LogP contribution in [-0.4, -0.2) is 58.4 Å². The first-order chi connectivity index (χ1) is 19.1. The van der Waals surface area contributed by atoms with Crippen LogP contribution in [0.2, 0.25) is 0 Å². The molecule has 1 saturated carbocycles. The molecule has 4 aromatic rings. The van der Waals surface area contributed by atoms with Gasteiger partial charge >= 0.3 is 6.03 Å². The largest absolute Gasteiger partial charge is 0.371 e. The SMILES string of the molecule is O=C(CN1CCN(c2cccc3c2cnn3-c2ccccc2F)C1=O)N[C@@H]1CCC[C@H]1OCc1ccccc1. The number of hydrogen-bond acceptors (Lipinski definition) is 4. The molecular weight excluding hydrogens is 497 g/mol. The average Bonchev–Trinajstić information content (AvgIpc) is 3.67. The van der Waals surface area contributed by atoms with Crippen molar-refractivity contribution in [2.75, 3.05) is 24.5 Å². The topological polar surface area (TPSA) is 79.7 Å². The Morgan fingerprint density at radius 1 is 0.974 bits per heavy atom. The predicted octanol–water partition coefficient (Wildman–Crippen LogP) is 4.66. The first-order valence-corrected chi connectivity index (χ1v) is 13.3. The molecule has 1 N–H and O–H groups in total. The van der Waals surface area contributed by atoms with Crippen molar-refractivity contribution in [1.82, 2.24) is 20.0 Å². The zero-order valence-electron chi connectivity index (χ0n) is 21.5. The predicted molar refractivity (Wildman–Crippen MR) is 146 cm³/mol. The van der Waals surface area contributed by atoms with Crippen LogP contribution in [0.5, 0.6) is 0 Å². The van der Waals surface area contributed by atoms with E-state index in [9.17, 15) is 14.0 Å². The molecule has 2 heterocycles. The third-order valence-electron chi connectivity index (χ3n) is 7.50. The lowest BCUT2D eigenvalue weighted by Crippen LogP contribution is -2.46. The van der Waals surface area contributed by atoms with Gasteiger partial charge in [-0.1, -0.05) is 48.5 Å². The van der Waals surface area contributed by atoms with E-state index in [-0.39, 0.29) is 36.4 Å². The van der Waals surface area contributed by atoms with Gasteiger partial charge in [0.1, 0.15) is 18.0 Å². The van der Waals surface area contributed by atoms with Gasteiger partial charge in [-0.3, -0.25) is 9.69 Å². The van der Waals surface area contributed by atoms with Crippen molar-refractivity contribution >= 4 is 28.5 Å². The molecule has 8 nitrogen and oxygen atoms in total. The number of halogens is 1. The molecule has 6 rings (SSSR count). The van der Waals surface area contributed by atoms with Crippen LogP contribution in [0.4, 0.5) is 14.9 Å². The number of amides is 3. The van der Waals surface area contributed by atoms with Crippen molar-refractivity contribution in [3.05, 3.63) is 90.4 Å². The standard InChI is InChI=1S/C30H30FN5O3/c31-23-10-4-5-12-27(23)36-26-14-7-13-25(22(26)18-32-36)35-17-16-34(30(35)38)19-29(37)33-24-11-6-15-28(24)39-20-21-8-2-1-3-9-21/h1-5,7-10,12-14,18,24,28H,6,11,15-17,19-20H2,(H,33,37)/t24-,28-/m1/s1. The summed E-state index contributed by atoms with van der Waals surface area (Å²) in [5, 5.41) is 8.24. The van der Waals surface area contributed by atoms with Crippen molar-refractivity contribution in [3.8, 4) is 5.69 Å². The van der Waals surface area contributed by atoms with Gasteiger partial charge in [0.05, 0.1) is 36.2 Å². The van der Waals surface area contributed by atoms with Crippen molar-refractivity contribution in [2.45, 2.75) is 38.0 Å². The number of aromatic nitrogens is 2. The van der Waals surface area contributed by atoms with Gasteiger partial charge in [0.25, 0.3) is 0 Å². The Morgan fingerprint density at radius 2 is 1.77 bits per heavy atom. The van der Waals surface area contributed by atoms with Gasteiger partial charge in [-0.05, 0) is 49.1 Å². The van der Waals surface area contributed by atoms with Crippen LogP contribution in [0.1, 0.15) is 24.8 Å². The maximum atomic E-state index is 14.4. The van der Waals surface area contributed by atoms with Crippen molar-refractivity contribution < 1.29 is 18.7 Å². The van der Waals surface area contributed by atoms with Crippen molar-refractivity contribution in [3.63, 3.8) is 0 Å². The highest BCUT2D eigenvalue weighted by Crippen LogP contribution is 2.31. The maximum absolute atomic E-state index is 14.4. The Bertz CT molecular complexity index is 1490. The molecule has 0 spiro atoms. The van der Waals surface area contributed by atoms with E-state index in [1.165, 1.54) is 10.7 Å². The molecular formula is C30H30FN5O3. The second-order valence-electron chi connectivity index (χ2n) is 10.0. The third-order valence-corrected chi connectivity index (χ3v) is 7.50. The highest BCUT2D eigenvalue weighted by molar-refractivity contribution is 6.04. The van der Waals surface area contributed by atoms with Gasteiger partial charge in [-0.2, -0.15) is 5.10 Å². The van der Waals surface area contributed by atoms with Gasteiger partial charge in [0, 0.05) is 18.5 Å². The molecule has 1 aromatic heterocycles. The van der Waals surface area contributed by atoms with Gasteiger partial charge in [0.2, 0.25) is 5.91 Å². The molecule has 1 aliphatic carbocycles. The second kappa shape index (κ2) is 10.9. The fraction of sp³-hybridized carbons (Fsp3) is 0.300. The molecule has 0 radical (unpaired) electrons. The number of nitrogens with zero attached hydrogens (tertiary/aromatic N) is 4. The van der Waals surface area contributed by atoms with Crippen LogP contribution in [0, 0.1) is 5.82 Å². The fourth-order valence-corrected chi connectivity index (χ4v) is 5.53. The normalized spacial score (nSPS) is 19.3. The van der Waals surface area contributed by atoms with Crippen molar-refractivity contribution in [2.24, 2.45) is 0 Å². The number of fused-ring (bicyclic) bond motifs is 1. The molecule has 1 aliphatic heterocycles. The Labute approximate surface area is 226 Å². The maximum Gasteiger partial charge on any atom is 0.325 e. The number of hydrogen-bond donors (Lipinski definition) is 1. The van der Waals surface area contributed by atoms with Gasteiger partial charge < -0.3 is 15.0 Å². The average molecular weight is 528 g/mol. The van der Waals surface area contributed by atoms with E-state index in [0.717, 1.165) is 30.2 Å². The van der Waals surface area contributed by atoms with E-state index in [0.29, 0.717) is 36.6 Å². The van der Waals surface area contributed by atoms with Crippen LogP contribution in [-0.2, 0) is 16.1 Å². The fourth-order valence-electron chi connectivity index (χ4n) is 5.53. The zero-order chi connectivity index (χ0) is 26.8. The highest BCUT2D eigenvalue weighted by atomic mass is 19.1. The Balaban J connectivity index is 1.10. The number of para-hydroxylation sites is 1. The minimum atomic E-state index is -0.377. The number of carbonyl (C=O) groups is 2. The lowest BCUT2D eigenvalue weighted by atomic mass is 10.2. The van der Waals surface area contributed by atoms with E-state index >= 15 is 0 Å². The van der Waals surface area contributed by atoms with Gasteiger partial charge in [-0.15, -0.1) is 0 Å². The van der Waals surface area contributed by atoms with E-state index < -0.39 is 0 Å². The van der Waals surface area contributed by atoms with E-state index in [2.05, 4.69) is 10.4 Å². The highest BCUT2D eigenvalue weighted by Gasteiger charge is 2.34. The summed E-state index contributed by atoms with van der Waals surface area (Å²) in [5.74, 6) is -0.562. The van der Waals surface area contributed by atoms with E-state index in [4.69, 9.17) is 4.74 Å². The number of rotatable bonds is 8.